The molecule has 0 aromatic carbocycles. The monoisotopic (exact) mass is 411 g/mol. The Morgan fingerprint density at radius 3 is 2.83 bits per heavy atom. The number of piperidine rings is 1. The fraction of sp³-hybridized carbons (Fsp3) is 0.524. The van der Waals surface area contributed by atoms with Crippen molar-refractivity contribution in [1.82, 2.24) is 29.9 Å². The molecule has 30 heavy (non-hydrogen) atoms. The molecule has 160 valence electrons. The first-order valence-electron chi connectivity index (χ1n) is 10.6. The summed E-state index contributed by atoms with van der Waals surface area (Å²) < 4.78 is 13.0. The number of methoxy groups -OCH3 is 1. The summed E-state index contributed by atoms with van der Waals surface area (Å²) >= 11 is 0. The molecule has 1 fully saturated rings. The van der Waals surface area contributed by atoms with Gasteiger partial charge in [0.2, 0.25) is 0 Å². The second-order valence-corrected chi connectivity index (χ2v) is 7.60. The van der Waals surface area contributed by atoms with Gasteiger partial charge < -0.3 is 20.5 Å². The van der Waals surface area contributed by atoms with Crippen molar-refractivity contribution >= 4 is 11.5 Å². The lowest BCUT2D eigenvalue weighted by Crippen LogP contribution is -2.27. The van der Waals surface area contributed by atoms with E-state index in [0.29, 0.717) is 30.4 Å². The van der Waals surface area contributed by atoms with Gasteiger partial charge in [0.15, 0.2) is 11.5 Å². The average Bonchev–Trinajstić information content (AvgIpc) is 3.17. The van der Waals surface area contributed by atoms with Crippen molar-refractivity contribution < 1.29 is 9.47 Å². The molecular formula is C21H29N7O2. The van der Waals surface area contributed by atoms with E-state index in [1.54, 1.807) is 17.8 Å². The van der Waals surface area contributed by atoms with Crippen LogP contribution >= 0.6 is 0 Å². The summed E-state index contributed by atoms with van der Waals surface area (Å²) in [7, 11) is 1.70. The van der Waals surface area contributed by atoms with Gasteiger partial charge in [-0.1, -0.05) is 13.3 Å². The number of anilines is 1. The zero-order valence-electron chi connectivity index (χ0n) is 17.6. The molecule has 0 radical (unpaired) electrons. The van der Waals surface area contributed by atoms with Gasteiger partial charge in [0, 0.05) is 18.5 Å². The Morgan fingerprint density at radius 2 is 2.07 bits per heavy atom. The van der Waals surface area contributed by atoms with Crippen molar-refractivity contribution in [2.45, 2.75) is 44.9 Å². The number of hydrogen-bond acceptors (Lipinski definition) is 8. The van der Waals surface area contributed by atoms with Crippen molar-refractivity contribution in [2.24, 2.45) is 0 Å². The second kappa shape index (κ2) is 9.25. The first-order valence-corrected chi connectivity index (χ1v) is 10.6. The molecule has 0 unspecified atom stereocenters. The molecule has 1 aliphatic rings. The number of nitrogens with two attached hydrogens (primary N) is 1. The molecule has 9 nitrogen and oxygen atoms in total. The maximum absolute atomic E-state index is 6.06. The number of rotatable bonds is 8. The van der Waals surface area contributed by atoms with E-state index in [0.717, 1.165) is 61.5 Å². The third-order valence-electron chi connectivity index (χ3n) is 5.44. The van der Waals surface area contributed by atoms with Gasteiger partial charge in [0.25, 0.3) is 0 Å². The number of pyridine rings is 1. The van der Waals surface area contributed by atoms with Crippen LogP contribution in [-0.4, -0.2) is 51.4 Å². The van der Waals surface area contributed by atoms with Gasteiger partial charge >= 0.3 is 6.01 Å². The zero-order chi connectivity index (χ0) is 20.9. The van der Waals surface area contributed by atoms with Crippen LogP contribution in [0.15, 0.2) is 18.5 Å². The third-order valence-corrected chi connectivity index (χ3v) is 5.44. The molecule has 3 N–H and O–H groups in total. The van der Waals surface area contributed by atoms with Crippen molar-refractivity contribution in [1.29, 1.82) is 0 Å². The highest BCUT2D eigenvalue weighted by molar-refractivity contribution is 5.59. The number of ether oxygens (including phenoxy) is 2. The van der Waals surface area contributed by atoms with Crippen LogP contribution in [0.3, 0.4) is 0 Å². The van der Waals surface area contributed by atoms with Crippen molar-refractivity contribution in [3.8, 4) is 11.8 Å². The van der Waals surface area contributed by atoms with Crippen LogP contribution in [-0.2, 0) is 6.42 Å². The summed E-state index contributed by atoms with van der Waals surface area (Å²) in [4.78, 5) is 13.3. The largest absolute Gasteiger partial charge is 0.495 e. The lowest BCUT2D eigenvalue weighted by Gasteiger charge is -2.23. The van der Waals surface area contributed by atoms with E-state index in [2.05, 4.69) is 33.4 Å². The van der Waals surface area contributed by atoms with E-state index in [9.17, 15) is 0 Å². The molecule has 0 saturated carbocycles. The molecule has 3 aromatic heterocycles. The SMILES string of the molecule is CCCCOc1nc(N)c2ncc(Cc3cnc(C4CCNCC4)c(OC)c3)n2n1. The van der Waals surface area contributed by atoms with Gasteiger partial charge in [-0.3, -0.25) is 4.98 Å². The highest BCUT2D eigenvalue weighted by Crippen LogP contribution is 2.31. The predicted molar refractivity (Wildman–Crippen MR) is 114 cm³/mol. The summed E-state index contributed by atoms with van der Waals surface area (Å²) in [5.74, 6) is 1.58. The Labute approximate surface area is 176 Å². The Balaban J connectivity index is 1.58. The smallest absolute Gasteiger partial charge is 0.336 e. The number of imidazole rings is 1. The normalized spacial score (nSPS) is 14.9. The number of unbranched alkanes of at least 4 members (excludes halogenated alkanes) is 1. The number of aromatic nitrogens is 5. The molecule has 0 atom stereocenters. The number of hydrogen-bond donors (Lipinski definition) is 2. The summed E-state index contributed by atoms with van der Waals surface area (Å²) in [5, 5.41) is 7.87. The first-order chi connectivity index (χ1) is 14.7. The van der Waals surface area contributed by atoms with Gasteiger partial charge in [0.1, 0.15) is 5.75 Å². The van der Waals surface area contributed by atoms with Gasteiger partial charge in [-0.25, -0.2) is 9.50 Å². The average molecular weight is 412 g/mol. The van der Waals surface area contributed by atoms with Crippen LogP contribution in [0.1, 0.15) is 55.5 Å². The Bertz CT molecular complexity index is 998. The predicted octanol–water partition coefficient (Wildman–Crippen LogP) is 2.35. The minimum atomic E-state index is 0.268. The van der Waals surface area contributed by atoms with E-state index >= 15 is 0 Å². The van der Waals surface area contributed by atoms with E-state index in [1.165, 1.54) is 0 Å². The molecule has 0 aliphatic carbocycles. The Morgan fingerprint density at radius 1 is 1.23 bits per heavy atom. The molecule has 0 bridgehead atoms. The fourth-order valence-electron chi connectivity index (χ4n) is 3.78. The molecule has 0 spiro atoms. The highest BCUT2D eigenvalue weighted by Gasteiger charge is 2.21. The van der Waals surface area contributed by atoms with E-state index in [1.807, 2.05) is 6.20 Å². The highest BCUT2D eigenvalue weighted by atomic mass is 16.5. The molecule has 9 heteroatoms. The Kier molecular flexibility index (Phi) is 6.27. The third kappa shape index (κ3) is 4.30. The van der Waals surface area contributed by atoms with Gasteiger partial charge in [0.05, 0.1) is 31.3 Å². The van der Waals surface area contributed by atoms with Crippen LogP contribution in [0, 0.1) is 0 Å². The van der Waals surface area contributed by atoms with Crippen LogP contribution in [0.2, 0.25) is 0 Å². The lowest BCUT2D eigenvalue weighted by molar-refractivity contribution is 0.280. The summed E-state index contributed by atoms with van der Waals surface area (Å²) in [6.07, 6.45) is 8.41. The van der Waals surface area contributed by atoms with Crippen LogP contribution in [0.5, 0.6) is 11.8 Å². The summed E-state index contributed by atoms with van der Waals surface area (Å²) in [5.41, 5.74) is 9.54. The zero-order valence-corrected chi connectivity index (χ0v) is 17.6. The fourth-order valence-corrected chi connectivity index (χ4v) is 3.78. The quantitative estimate of drug-likeness (QED) is 0.543. The van der Waals surface area contributed by atoms with Crippen molar-refractivity contribution in [3.05, 3.63) is 35.4 Å². The van der Waals surface area contributed by atoms with Gasteiger partial charge in [-0.2, -0.15) is 4.98 Å². The lowest BCUT2D eigenvalue weighted by atomic mass is 9.93. The minimum absolute atomic E-state index is 0.268. The molecule has 4 rings (SSSR count). The van der Waals surface area contributed by atoms with E-state index < -0.39 is 0 Å². The molecule has 1 saturated heterocycles. The number of nitrogens with one attached hydrogen (secondary N) is 1. The van der Waals surface area contributed by atoms with Crippen molar-refractivity contribution in [3.63, 3.8) is 0 Å². The van der Waals surface area contributed by atoms with E-state index in [-0.39, 0.29) is 6.01 Å². The minimum Gasteiger partial charge on any atom is -0.495 e. The maximum atomic E-state index is 6.06. The molecular weight excluding hydrogens is 382 g/mol. The van der Waals surface area contributed by atoms with Crippen molar-refractivity contribution in [2.75, 3.05) is 32.5 Å². The molecule has 0 amide bonds. The standard InChI is InChI=1S/C21H29N7O2/c1-3-4-9-30-21-26-19(22)20-25-13-16(28(20)27-21)10-14-11-17(29-2)18(24-12-14)15-5-7-23-8-6-15/h11-13,15,23H,3-10H2,1-2H3,(H2,22,26,27). The second-order valence-electron chi connectivity index (χ2n) is 7.60. The Hall–Kier alpha value is -2.94. The number of nitrogen functional groups attached to an aromatic ring is 1. The van der Waals surface area contributed by atoms with E-state index in [4.69, 9.17) is 20.2 Å². The van der Waals surface area contributed by atoms with Crippen LogP contribution in [0.25, 0.3) is 5.65 Å². The van der Waals surface area contributed by atoms with Crippen LogP contribution < -0.4 is 20.5 Å². The first kappa shape index (κ1) is 20.3. The molecule has 1 aliphatic heterocycles. The maximum Gasteiger partial charge on any atom is 0.336 e. The summed E-state index contributed by atoms with van der Waals surface area (Å²) in [6.45, 7) is 4.70. The molecule has 3 aromatic rings. The van der Waals surface area contributed by atoms with Crippen LogP contribution in [0.4, 0.5) is 5.82 Å². The topological polar surface area (TPSA) is 112 Å². The number of fused-ring (bicyclic) bond motifs is 1. The van der Waals surface area contributed by atoms with Gasteiger partial charge in [-0.15, -0.1) is 5.10 Å². The summed E-state index contributed by atoms with van der Waals surface area (Å²) in [6, 6.07) is 2.33. The molecule has 4 heterocycles. The number of nitrogens with zero attached hydrogens (tertiary/aromatic N) is 5. The van der Waals surface area contributed by atoms with Gasteiger partial charge in [-0.05, 0) is 44.0 Å².